The molecule has 2 aliphatic heterocycles. The van der Waals surface area contributed by atoms with E-state index in [4.69, 9.17) is 5.73 Å². The number of aromatic nitrogens is 2. The minimum absolute atomic E-state index is 0.381. The summed E-state index contributed by atoms with van der Waals surface area (Å²) >= 11 is 0. The molecular formula is C17H22N6O. The lowest BCUT2D eigenvalue weighted by atomic mass is 10.1. The van der Waals surface area contributed by atoms with Gasteiger partial charge in [-0.25, -0.2) is 4.98 Å². The summed E-state index contributed by atoms with van der Waals surface area (Å²) in [6.45, 7) is 5.05. The highest BCUT2D eigenvalue weighted by molar-refractivity contribution is 5.93. The summed E-state index contributed by atoms with van der Waals surface area (Å²) < 4.78 is 1.94. The molecule has 24 heavy (non-hydrogen) atoms. The van der Waals surface area contributed by atoms with E-state index in [0.717, 1.165) is 37.5 Å². The Morgan fingerprint density at radius 3 is 2.58 bits per heavy atom. The van der Waals surface area contributed by atoms with Crippen molar-refractivity contribution >= 4 is 17.2 Å². The van der Waals surface area contributed by atoms with Crippen LogP contribution in [0.15, 0.2) is 54.6 Å². The molecule has 1 fully saturated rings. The number of fused-ring (bicyclic) bond motifs is 1. The monoisotopic (exact) mass is 326 g/mol. The predicted octanol–water partition coefficient (Wildman–Crippen LogP) is 0.259. The number of carbonyl (C=O) groups excluding carboxylic acids is 1. The average Bonchev–Trinajstić information content (AvgIpc) is 3.11. The van der Waals surface area contributed by atoms with E-state index in [-0.39, 0.29) is 5.91 Å². The zero-order valence-corrected chi connectivity index (χ0v) is 13.5. The van der Waals surface area contributed by atoms with Gasteiger partial charge in [-0.15, -0.1) is 0 Å². The van der Waals surface area contributed by atoms with E-state index in [9.17, 15) is 4.79 Å². The van der Waals surface area contributed by atoms with Crippen molar-refractivity contribution < 1.29 is 4.79 Å². The van der Waals surface area contributed by atoms with Gasteiger partial charge in [-0.05, 0) is 18.2 Å². The van der Waals surface area contributed by atoms with Crippen LogP contribution >= 0.6 is 0 Å². The number of carbonyl (C=O) groups is 1. The van der Waals surface area contributed by atoms with Crippen LogP contribution in [0.4, 0.5) is 5.69 Å². The summed E-state index contributed by atoms with van der Waals surface area (Å²) in [4.78, 5) is 17.3. The van der Waals surface area contributed by atoms with Crippen LogP contribution in [0.5, 0.6) is 0 Å². The van der Waals surface area contributed by atoms with Gasteiger partial charge in [-0.1, -0.05) is 6.08 Å². The average molecular weight is 326 g/mol. The molecule has 4 heterocycles. The van der Waals surface area contributed by atoms with Crippen LogP contribution < -0.4 is 21.3 Å². The van der Waals surface area contributed by atoms with Crippen LogP contribution in [0.2, 0.25) is 0 Å². The highest BCUT2D eigenvalue weighted by atomic mass is 16.1. The van der Waals surface area contributed by atoms with Crippen molar-refractivity contribution in [2.45, 2.75) is 0 Å². The Morgan fingerprint density at radius 1 is 1.17 bits per heavy atom. The number of amides is 1. The fraction of sp³-hybridized carbons (Fsp3) is 0.294. The third kappa shape index (κ3) is 4.01. The molecule has 7 heteroatoms. The number of nitrogens with zero attached hydrogens (tertiary/aromatic N) is 3. The second-order valence-electron chi connectivity index (χ2n) is 5.61. The van der Waals surface area contributed by atoms with Gasteiger partial charge in [0.15, 0.2) is 0 Å². The van der Waals surface area contributed by atoms with Gasteiger partial charge in [0.05, 0.1) is 12.2 Å². The number of nitrogens with two attached hydrogens (primary N) is 1. The minimum Gasteiger partial charge on any atom is -0.366 e. The second-order valence-corrected chi connectivity index (χ2v) is 5.61. The van der Waals surface area contributed by atoms with Crippen molar-refractivity contribution in [3.05, 3.63) is 54.6 Å². The van der Waals surface area contributed by atoms with Gasteiger partial charge in [0, 0.05) is 56.5 Å². The van der Waals surface area contributed by atoms with Crippen LogP contribution in [0.25, 0.3) is 5.65 Å². The van der Waals surface area contributed by atoms with Crippen LogP contribution in [0, 0.1) is 0 Å². The number of piperazine rings is 1. The number of hydrogen-bond donors (Lipinski definition) is 3. The van der Waals surface area contributed by atoms with E-state index in [1.54, 1.807) is 12.3 Å². The summed E-state index contributed by atoms with van der Waals surface area (Å²) in [6.07, 6.45) is 11.1. The summed E-state index contributed by atoms with van der Waals surface area (Å²) in [5.41, 5.74) is 7.78. The number of primary amides is 1. The number of pyridine rings is 1. The Bertz CT molecular complexity index is 748. The molecule has 2 aliphatic rings. The van der Waals surface area contributed by atoms with E-state index in [0.29, 0.717) is 12.1 Å². The summed E-state index contributed by atoms with van der Waals surface area (Å²) in [5.74, 6) is -0.381. The van der Waals surface area contributed by atoms with E-state index >= 15 is 0 Å². The van der Waals surface area contributed by atoms with Gasteiger partial charge in [0.2, 0.25) is 5.91 Å². The van der Waals surface area contributed by atoms with Crippen LogP contribution in [-0.2, 0) is 4.79 Å². The molecule has 7 nitrogen and oxygen atoms in total. The van der Waals surface area contributed by atoms with Crippen molar-refractivity contribution in [1.82, 2.24) is 20.0 Å². The fourth-order valence-corrected chi connectivity index (χ4v) is 2.57. The van der Waals surface area contributed by atoms with Gasteiger partial charge in [-0.2, -0.15) is 0 Å². The first kappa shape index (κ1) is 16.2. The molecule has 1 saturated heterocycles. The number of rotatable bonds is 2. The van der Waals surface area contributed by atoms with Crippen molar-refractivity contribution in [2.75, 3.05) is 37.6 Å². The molecule has 0 aromatic carbocycles. The maximum atomic E-state index is 11.2. The Labute approximate surface area is 140 Å². The molecule has 4 rings (SSSR count). The molecule has 1 amide bonds. The number of nitrogens with one attached hydrogen (secondary N) is 2. The van der Waals surface area contributed by atoms with Gasteiger partial charge in [0.1, 0.15) is 5.65 Å². The molecule has 2 aromatic heterocycles. The summed E-state index contributed by atoms with van der Waals surface area (Å²) in [6, 6.07) is 3.90. The largest absolute Gasteiger partial charge is 0.366 e. The Morgan fingerprint density at radius 2 is 1.92 bits per heavy atom. The van der Waals surface area contributed by atoms with E-state index in [2.05, 4.69) is 15.6 Å². The topological polar surface area (TPSA) is 87.7 Å². The third-order valence-corrected chi connectivity index (χ3v) is 3.88. The standard InChI is InChI=1S/C13H12N4O.C4H10N2/c14-13(18)10-2-1-6-16(8-10)11-3-4-12-15-5-7-17(12)9-11;1-2-6-4-3-5-1/h1-7,9H,8H2,(H2,14,18);5-6H,1-4H2. The first-order chi connectivity index (χ1) is 11.7. The molecule has 0 bridgehead atoms. The van der Waals surface area contributed by atoms with E-state index in [1.807, 2.05) is 46.1 Å². The highest BCUT2D eigenvalue weighted by Gasteiger charge is 2.13. The maximum absolute atomic E-state index is 11.2. The lowest BCUT2D eigenvalue weighted by Gasteiger charge is -2.23. The molecule has 4 N–H and O–H groups in total. The highest BCUT2D eigenvalue weighted by Crippen LogP contribution is 2.19. The van der Waals surface area contributed by atoms with Crippen molar-refractivity contribution in [3.8, 4) is 0 Å². The van der Waals surface area contributed by atoms with E-state index in [1.165, 1.54) is 0 Å². The van der Waals surface area contributed by atoms with Crippen LogP contribution in [0.1, 0.15) is 0 Å². The molecule has 126 valence electrons. The lowest BCUT2D eigenvalue weighted by Crippen LogP contribution is -2.39. The number of anilines is 1. The first-order valence-corrected chi connectivity index (χ1v) is 8.02. The van der Waals surface area contributed by atoms with Crippen LogP contribution in [-0.4, -0.2) is 48.0 Å². The first-order valence-electron chi connectivity index (χ1n) is 8.02. The summed E-state index contributed by atoms with van der Waals surface area (Å²) in [5, 5.41) is 6.44. The normalized spacial score (nSPS) is 17.2. The van der Waals surface area contributed by atoms with Gasteiger partial charge < -0.3 is 25.7 Å². The molecule has 0 aliphatic carbocycles. The van der Waals surface area contributed by atoms with Crippen molar-refractivity contribution in [1.29, 1.82) is 0 Å². The van der Waals surface area contributed by atoms with Crippen molar-refractivity contribution in [2.24, 2.45) is 5.73 Å². The smallest absolute Gasteiger partial charge is 0.246 e. The van der Waals surface area contributed by atoms with Gasteiger partial charge >= 0.3 is 0 Å². The zero-order valence-electron chi connectivity index (χ0n) is 13.5. The van der Waals surface area contributed by atoms with E-state index < -0.39 is 0 Å². The Hall–Kier alpha value is -2.64. The molecule has 0 saturated carbocycles. The Kier molecular flexibility index (Phi) is 5.25. The van der Waals surface area contributed by atoms with Crippen molar-refractivity contribution in [3.63, 3.8) is 0 Å². The third-order valence-electron chi connectivity index (χ3n) is 3.88. The predicted molar refractivity (Wildman–Crippen MR) is 94.7 cm³/mol. The Balaban J connectivity index is 0.000000238. The van der Waals surface area contributed by atoms with Gasteiger partial charge in [-0.3, -0.25) is 4.79 Å². The molecular weight excluding hydrogens is 304 g/mol. The quantitative estimate of drug-likeness (QED) is 0.737. The molecule has 0 spiro atoms. The molecule has 0 unspecified atom stereocenters. The fourth-order valence-electron chi connectivity index (χ4n) is 2.57. The second kappa shape index (κ2) is 7.76. The molecule has 0 radical (unpaired) electrons. The lowest BCUT2D eigenvalue weighted by molar-refractivity contribution is -0.114. The zero-order chi connectivity index (χ0) is 16.8. The number of hydrogen-bond acceptors (Lipinski definition) is 5. The summed E-state index contributed by atoms with van der Waals surface area (Å²) in [7, 11) is 0. The minimum atomic E-state index is -0.381. The van der Waals surface area contributed by atoms with Gasteiger partial charge in [0.25, 0.3) is 0 Å². The molecule has 0 atom stereocenters. The number of imidazole rings is 1. The van der Waals surface area contributed by atoms with Crippen LogP contribution in [0.3, 0.4) is 0 Å². The maximum Gasteiger partial charge on any atom is 0.246 e. The number of allylic oxidation sites excluding steroid dienone is 2. The molecule has 2 aromatic rings. The SMILES string of the molecule is C1CNCCN1.NC(=O)C1=CC=CN(c2ccc3nccn3c2)C1.